The number of amides is 1. The van der Waals surface area contributed by atoms with Gasteiger partial charge in [-0.05, 0) is 0 Å². The molecule has 0 aromatic rings. The number of aldehydes is 1. The third-order valence-electron chi connectivity index (χ3n) is 1.27. The van der Waals surface area contributed by atoms with Gasteiger partial charge in [0.25, 0.3) is 0 Å². The summed E-state index contributed by atoms with van der Waals surface area (Å²) in [7, 11) is -4.64. The average molecular weight is 322 g/mol. The third-order valence-corrected chi connectivity index (χ3v) is 1.27. The fraction of sp³-hybridized carbons (Fsp3) is 0.714. The lowest BCUT2D eigenvalue weighted by atomic mass is 10.1. The zero-order valence-electron chi connectivity index (χ0n) is 10.2. The number of aliphatic hydroxyl groups is 4. The van der Waals surface area contributed by atoms with Crippen molar-refractivity contribution in [1.29, 1.82) is 0 Å². The van der Waals surface area contributed by atoms with Crippen LogP contribution in [0.1, 0.15) is 0 Å². The van der Waals surface area contributed by atoms with Crippen LogP contribution in [0.4, 0.5) is 0 Å². The van der Waals surface area contributed by atoms with Gasteiger partial charge in [-0.25, -0.2) is 4.57 Å². The Hall–Kier alpha value is -0.950. The van der Waals surface area contributed by atoms with Crippen LogP contribution in [0.15, 0.2) is 0 Å². The Balaban J connectivity index is -0.000000244. The van der Waals surface area contributed by atoms with Crippen molar-refractivity contribution in [1.82, 2.24) is 0 Å². The van der Waals surface area contributed by atoms with Crippen LogP contribution in [-0.4, -0.2) is 78.8 Å². The fourth-order valence-electron chi connectivity index (χ4n) is 0.416. The van der Waals surface area contributed by atoms with Crippen LogP contribution in [0.25, 0.3) is 0 Å². The Morgan fingerprint density at radius 2 is 1.50 bits per heavy atom. The van der Waals surface area contributed by atoms with E-state index in [-0.39, 0.29) is 12.8 Å². The first-order chi connectivity index (χ1) is 8.90. The molecule has 0 radical (unpaired) electrons. The standard InChI is InChI=1S/C5H10O5.C2H6N2O.H3O4P/c6-1-3(8)5(10)4(9)2-7;3-1-2(4)5;1-5(2,3)4/h1,3-5,7-10H,2H2;1,3H2,(H2,4,5);(H3,1,2,3,4). The maximum Gasteiger partial charge on any atom is 0.466 e. The average Bonchev–Trinajstić information content (AvgIpc) is 2.34. The Bertz CT molecular complexity index is 300. The summed E-state index contributed by atoms with van der Waals surface area (Å²) in [5, 5.41) is 34.1. The zero-order valence-corrected chi connectivity index (χ0v) is 11.1. The first-order valence-electron chi connectivity index (χ1n) is 4.77. The number of rotatable bonds is 5. The summed E-state index contributed by atoms with van der Waals surface area (Å²) in [6.07, 6.45) is -4.63. The molecule has 3 atom stereocenters. The Kier molecular flexibility index (Phi) is 15.7. The summed E-state index contributed by atoms with van der Waals surface area (Å²) >= 11 is 0. The molecule has 0 saturated heterocycles. The second-order valence-corrected chi connectivity index (χ2v) is 4.08. The molecule has 0 aliphatic rings. The molecule has 3 unspecified atom stereocenters. The molecule has 0 aromatic carbocycles. The maximum atomic E-state index is 9.76. The molecule has 0 aliphatic carbocycles. The molecule has 20 heavy (non-hydrogen) atoms. The molecule has 0 aliphatic heterocycles. The molecule has 0 rings (SSSR count). The maximum absolute atomic E-state index is 9.76. The number of carbonyl (C=O) groups excluding carboxylic acids is 2. The predicted octanol–water partition coefficient (Wildman–Crippen LogP) is -5.24. The summed E-state index contributed by atoms with van der Waals surface area (Å²) in [5.74, 6) is -0.468. The number of hydrogen-bond donors (Lipinski definition) is 9. The van der Waals surface area contributed by atoms with Gasteiger partial charge in [0.1, 0.15) is 18.3 Å². The summed E-state index contributed by atoms with van der Waals surface area (Å²) in [6, 6.07) is 0. The van der Waals surface area contributed by atoms with Gasteiger partial charge in [-0.3, -0.25) is 4.79 Å². The molecule has 11 N–H and O–H groups in total. The minimum absolute atomic E-state index is 0.0556. The van der Waals surface area contributed by atoms with Crippen LogP contribution in [0.3, 0.4) is 0 Å². The molecule has 122 valence electrons. The molecule has 0 heterocycles. The van der Waals surface area contributed by atoms with E-state index >= 15 is 0 Å². The van der Waals surface area contributed by atoms with Gasteiger partial charge in [0.15, 0.2) is 6.29 Å². The normalized spacial score (nSPS) is 14.6. The van der Waals surface area contributed by atoms with Gasteiger partial charge in [0.05, 0.1) is 13.2 Å². The van der Waals surface area contributed by atoms with E-state index in [1.807, 2.05) is 0 Å². The van der Waals surface area contributed by atoms with Crippen molar-refractivity contribution in [2.24, 2.45) is 11.5 Å². The summed E-state index contributed by atoms with van der Waals surface area (Å²) in [5.41, 5.74) is 9.22. The second-order valence-electron chi connectivity index (χ2n) is 3.05. The van der Waals surface area contributed by atoms with Crippen LogP contribution >= 0.6 is 7.82 Å². The van der Waals surface area contributed by atoms with Crippen LogP contribution in [0, 0.1) is 0 Å². The monoisotopic (exact) mass is 322 g/mol. The number of carbonyl (C=O) groups is 2. The quantitative estimate of drug-likeness (QED) is 0.171. The van der Waals surface area contributed by atoms with Crippen molar-refractivity contribution in [3.05, 3.63) is 0 Å². The molecule has 1 amide bonds. The van der Waals surface area contributed by atoms with E-state index in [4.69, 9.17) is 45.4 Å². The third kappa shape index (κ3) is 25.8. The van der Waals surface area contributed by atoms with Crippen LogP contribution in [-0.2, 0) is 14.2 Å². The molecular weight excluding hydrogens is 303 g/mol. The van der Waals surface area contributed by atoms with Gasteiger partial charge in [-0.1, -0.05) is 0 Å². The smallest absolute Gasteiger partial charge is 0.394 e. The summed E-state index contributed by atoms with van der Waals surface area (Å²) in [4.78, 5) is 40.8. The highest BCUT2D eigenvalue weighted by Crippen LogP contribution is 2.25. The molecule has 0 spiro atoms. The summed E-state index contributed by atoms with van der Waals surface area (Å²) in [6.45, 7) is -0.744. The van der Waals surface area contributed by atoms with Gasteiger partial charge >= 0.3 is 7.82 Å². The van der Waals surface area contributed by atoms with Gasteiger partial charge in [-0.2, -0.15) is 0 Å². The lowest BCUT2D eigenvalue weighted by molar-refractivity contribution is -0.127. The number of aliphatic hydroxyl groups excluding tert-OH is 4. The highest BCUT2D eigenvalue weighted by atomic mass is 31.2. The van der Waals surface area contributed by atoms with E-state index in [0.717, 1.165) is 0 Å². The van der Waals surface area contributed by atoms with Gasteiger partial charge in [-0.15, -0.1) is 0 Å². The number of primary amides is 1. The first-order valence-corrected chi connectivity index (χ1v) is 6.34. The van der Waals surface area contributed by atoms with E-state index < -0.39 is 38.6 Å². The molecule has 0 saturated carbocycles. The molecule has 13 heteroatoms. The van der Waals surface area contributed by atoms with Crippen molar-refractivity contribution in [2.45, 2.75) is 18.3 Å². The Labute approximate surface area is 113 Å². The number of hydrogen-bond acceptors (Lipinski definition) is 8. The minimum Gasteiger partial charge on any atom is -0.394 e. The van der Waals surface area contributed by atoms with Crippen molar-refractivity contribution in [2.75, 3.05) is 13.2 Å². The molecule has 0 aromatic heterocycles. The predicted molar refractivity (Wildman–Crippen MR) is 63.7 cm³/mol. The fourth-order valence-corrected chi connectivity index (χ4v) is 0.416. The first kappa shape index (κ1) is 24.1. The molecule has 0 fully saturated rings. The van der Waals surface area contributed by atoms with Gasteiger partial charge < -0.3 is 51.4 Å². The lowest BCUT2D eigenvalue weighted by Gasteiger charge is -2.16. The lowest BCUT2D eigenvalue weighted by Crippen LogP contribution is -2.40. The van der Waals surface area contributed by atoms with E-state index in [1.165, 1.54) is 0 Å². The van der Waals surface area contributed by atoms with Crippen molar-refractivity contribution in [3.63, 3.8) is 0 Å². The minimum atomic E-state index is -4.64. The van der Waals surface area contributed by atoms with E-state index in [9.17, 15) is 9.59 Å². The summed E-state index contributed by atoms with van der Waals surface area (Å²) < 4.78 is 8.88. The highest BCUT2D eigenvalue weighted by Gasteiger charge is 2.22. The van der Waals surface area contributed by atoms with E-state index in [2.05, 4.69) is 5.73 Å². The second kappa shape index (κ2) is 13.1. The van der Waals surface area contributed by atoms with Gasteiger partial charge in [0, 0.05) is 0 Å². The topological polar surface area (TPSA) is 245 Å². The Morgan fingerprint density at radius 1 is 1.20 bits per heavy atom. The highest BCUT2D eigenvalue weighted by molar-refractivity contribution is 7.45. The Morgan fingerprint density at radius 3 is 1.65 bits per heavy atom. The van der Waals surface area contributed by atoms with E-state index in [0.29, 0.717) is 0 Å². The van der Waals surface area contributed by atoms with Crippen molar-refractivity contribution < 1.29 is 49.3 Å². The molecule has 12 nitrogen and oxygen atoms in total. The van der Waals surface area contributed by atoms with Crippen molar-refractivity contribution >= 4 is 20.0 Å². The van der Waals surface area contributed by atoms with Crippen LogP contribution in [0.5, 0.6) is 0 Å². The van der Waals surface area contributed by atoms with Gasteiger partial charge in [0.2, 0.25) is 5.91 Å². The van der Waals surface area contributed by atoms with Crippen molar-refractivity contribution in [3.8, 4) is 0 Å². The largest absolute Gasteiger partial charge is 0.466 e. The number of phosphoric acid groups is 1. The molecule has 0 bridgehead atoms. The SMILES string of the molecule is NCC(N)=O.O=CC(O)C(O)C(O)CO.O=P(O)(O)O. The number of nitrogens with two attached hydrogens (primary N) is 2. The van der Waals surface area contributed by atoms with Crippen LogP contribution < -0.4 is 11.5 Å². The zero-order chi connectivity index (χ0) is 16.9. The molecular formula is C7H19N2O10P. The van der Waals surface area contributed by atoms with E-state index in [1.54, 1.807) is 0 Å². The van der Waals surface area contributed by atoms with Crippen LogP contribution in [0.2, 0.25) is 0 Å².